The lowest BCUT2D eigenvalue weighted by atomic mass is 10.1. The molecule has 68 valence electrons. The molecule has 1 aromatic rings. The quantitative estimate of drug-likeness (QED) is 0.566. The minimum absolute atomic E-state index is 0.0930. The summed E-state index contributed by atoms with van der Waals surface area (Å²) in [6.45, 7) is 1.91. The molecule has 1 unspecified atom stereocenters. The number of rotatable bonds is 3. The van der Waals surface area contributed by atoms with Crippen LogP contribution in [0.25, 0.3) is 0 Å². The molecule has 0 aliphatic rings. The molecule has 0 saturated heterocycles. The van der Waals surface area contributed by atoms with E-state index in [-0.39, 0.29) is 11.9 Å². The summed E-state index contributed by atoms with van der Waals surface area (Å²) in [4.78, 5) is 0. The van der Waals surface area contributed by atoms with Crippen LogP contribution in [0.15, 0.2) is 24.3 Å². The molecule has 0 bridgehead atoms. The Labute approximate surface area is 77.0 Å². The highest BCUT2D eigenvalue weighted by Gasteiger charge is 2.01. The van der Waals surface area contributed by atoms with E-state index < -0.39 is 0 Å². The Balaban J connectivity index is 2.55. The predicted molar refractivity (Wildman–Crippen MR) is 48.3 cm³/mol. The minimum Gasteiger partial charge on any atom is -0.321 e. The van der Waals surface area contributed by atoms with Gasteiger partial charge in [0.25, 0.3) is 0 Å². The SMILES string of the molecule is CC(Cc1ccc(F)cc1)NC#N. The number of benzene rings is 1. The average molecular weight is 178 g/mol. The summed E-state index contributed by atoms with van der Waals surface area (Å²) in [5, 5.41) is 11.0. The lowest BCUT2D eigenvalue weighted by molar-refractivity contribution is 0.621. The first-order valence-corrected chi connectivity index (χ1v) is 4.11. The van der Waals surface area contributed by atoms with Gasteiger partial charge >= 0.3 is 0 Å². The number of halogens is 1. The molecule has 3 heteroatoms. The van der Waals surface area contributed by atoms with Gasteiger partial charge in [-0.05, 0) is 31.0 Å². The third kappa shape index (κ3) is 3.12. The molecule has 0 fully saturated rings. The Morgan fingerprint density at radius 1 is 1.46 bits per heavy atom. The molecule has 1 rings (SSSR count). The van der Waals surface area contributed by atoms with Gasteiger partial charge in [-0.3, -0.25) is 0 Å². The summed E-state index contributed by atoms with van der Waals surface area (Å²) in [6, 6.07) is 6.40. The van der Waals surface area contributed by atoms with Gasteiger partial charge in [0.1, 0.15) is 5.82 Å². The van der Waals surface area contributed by atoms with E-state index in [9.17, 15) is 4.39 Å². The monoisotopic (exact) mass is 178 g/mol. The second kappa shape index (κ2) is 4.46. The van der Waals surface area contributed by atoms with Crippen molar-refractivity contribution in [2.24, 2.45) is 0 Å². The second-order valence-electron chi connectivity index (χ2n) is 2.99. The van der Waals surface area contributed by atoms with E-state index in [0.717, 1.165) is 12.0 Å². The van der Waals surface area contributed by atoms with E-state index in [1.807, 2.05) is 13.1 Å². The highest BCUT2D eigenvalue weighted by atomic mass is 19.1. The highest BCUT2D eigenvalue weighted by Crippen LogP contribution is 2.05. The van der Waals surface area contributed by atoms with Crippen molar-refractivity contribution >= 4 is 0 Å². The van der Waals surface area contributed by atoms with Gasteiger partial charge in [-0.15, -0.1) is 0 Å². The highest BCUT2D eigenvalue weighted by molar-refractivity contribution is 5.17. The molecule has 1 atom stereocenters. The zero-order chi connectivity index (χ0) is 9.68. The molecule has 0 saturated carbocycles. The average Bonchev–Trinajstić information content (AvgIpc) is 2.09. The number of nitrogens with zero attached hydrogens (tertiary/aromatic N) is 1. The summed E-state index contributed by atoms with van der Waals surface area (Å²) in [6.07, 6.45) is 2.61. The van der Waals surface area contributed by atoms with Gasteiger partial charge in [-0.2, -0.15) is 5.26 Å². The molecule has 0 heterocycles. The van der Waals surface area contributed by atoms with E-state index in [1.54, 1.807) is 12.1 Å². The summed E-state index contributed by atoms with van der Waals surface area (Å²) >= 11 is 0. The molecule has 0 aromatic heterocycles. The van der Waals surface area contributed by atoms with E-state index in [0.29, 0.717) is 0 Å². The Kier molecular flexibility index (Phi) is 3.27. The fourth-order valence-electron chi connectivity index (χ4n) is 1.14. The fourth-order valence-corrected chi connectivity index (χ4v) is 1.14. The molecular formula is C10H11FN2. The van der Waals surface area contributed by atoms with Crippen molar-refractivity contribution in [2.75, 3.05) is 0 Å². The molecule has 1 N–H and O–H groups in total. The molecule has 0 aliphatic heterocycles. The van der Waals surface area contributed by atoms with E-state index in [2.05, 4.69) is 5.32 Å². The van der Waals surface area contributed by atoms with Crippen molar-refractivity contribution in [3.05, 3.63) is 35.6 Å². The molecule has 0 spiro atoms. The third-order valence-corrected chi connectivity index (χ3v) is 1.77. The molecule has 2 nitrogen and oxygen atoms in total. The van der Waals surface area contributed by atoms with Crippen LogP contribution in [0.3, 0.4) is 0 Å². The zero-order valence-corrected chi connectivity index (χ0v) is 7.42. The number of nitrogens with one attached hydrogen (secondary N) is 1. The van der Waals surface area contributed by atoms with Crippen LogP contribution in [0.5, 0.6) is 0 Å². The Morgan fingerprint density at radius 3 is 2.62 bits per heavy atom. The normalized spacial score (nSPS) is 11.8. The summed E-state index contributed by atoms with van der Waals surface area (Å²) in [5.74, 6) is -0.232. The van der Waals surface area contributed by atoms with Crippen molar-refractivity contribution in [1.29, 1.82) is 5.26 Å². The van der Waals surface area contributed by atoms with Crippen LogP contribution < -0.4 is 5.32 Å². The number of nitriles is 1. The topological polar surface area (TPSA) is 35.8 Å². The maximum atomic E-state index is 12.5. The first-order chi connectivity index (χ1) is 6.22. The van der Waals surface area contributed by atoms with Crippen LogP contribution in [0.1, 0.15) is 12.5 Å². The predicted octanol–water partition coefficient (Wildman–Crippen LogP) is 1.83. The van der Waals surface area contributed by atoms with Crippen LogP contribution in [0.4, 0.5) is 4.39 Å². The van der Waals surface area contributed by atoms with E-state index in [1.165, 1.54) is 12.1 Å². The van der Waals surface area contributed by atoms with Gasteiger partial charge < -0.3 is 5.32 Å². The zero-order valence-electron chi connectivity index (χ0n) is 7.42. The van der Waals surface area contributed by atoms with Gasteiger partial charge in [0.05, 0.1) is 0 Å². The van der Waals surface area contributed by atoms with Crippen molar-refractivity contribution in [2.45, 2.75) is 19.4 Å². The Bertz CT molecular complexity index is 300. The van der Waals surface area contributed by atoms with Crippen LogP contribution in [-0.2, 0) is 6.42 Å². The van der Waals surface area contributed by atoms with Crippen molar-refractivity contribution < 1.29 is 4.39 Å². The van der Waals surface area contributed by atoms with Crippen LogP contribution in [-0.4, -0.2) is 6.04 Å². The molecule has 0 aliphatic carbocycles. The Morgan fingerprint density at radius 2 is 2.08 bits per heavy atom. The van der Waals surface area contributed by atoms with Gasteiger partial charge in [-0.1, -0.05) is 12.1 Å². The lowest BCUT2D eigenvalue weighted by Gasteiger charge is -2.08. The second-order valence-corrected chi connectivity index (χ2v) is 2.99. The van der Waals surface area contributed by atoms with Gasteiger partial charge in [0, 0.05) is 6.04 Å². The van der Waals surface area contributed by atoms with Crippen LogP contribution in [0, 0.1) is 17.3 Å². The maximum Gasteiger partial charge on any atom is 0.176 e. The van der Waals surface area contributed by atoms with Crippen molar-refractivity contribution in [1.82, 2.24) is 5.32 Å². The fraction of sp³-hybridized carbons (Fsp3) is 0.300. The first kappa shape index (κ1) is 9.53. The van der Waals surface area contributed by atoms with Gasteiger partial charge in [-0.25, -0.2) is 4.39 Å². The summed E-state index contributed by atoms with van der Waals surface area (Å²) in [7, 11) is 0. The number of hydrogen-bond donors (Lipinski definition) is 1. The Hall–Kier alpha value is -1.56. The van der Waals surface area contributed by atoms with Crippen molar-refractivity contribution in [3.63, 3.8) is 0 Å². The first-order valence-electron chi connectivity index (χ1n) is 4.11. The molecule has 1 aromatic carbocycles. The largest absolute Gasteiger partial charge is 0.321 e. The van der Waals surface area contributed by atoms with Gasteiger partial charge in [0.15, 0.2) is 6.19 Å². The minimum atomic E-state index is -0.232. The van der Waals surface area contributed by atoms with E-state index in [4.69, 9.17) is 5.26 Å². The molecule has 0 amide bonds. The third-order valence-electron chi connectivity index (χ3n) is 1.77. The van der Waals surface area contributed by atoms with Crippen molar-refractivity contribution in [3.8, 4) is 6.19 Å². The van der Waals surface area contributed by atoms with Crippen LogP contribution in [0.2, 0.25) is 0 Å². The maximum absolute atomic E-state index is 12.5. The lowest BCUT2D eigenvalue weighted by Crippen LogP contribution is -2.22. The molecular weight excluding hydrogens is 167 g/mol. The molecule has 13 heavy (non-hydrogen) atoms. The standard InChI is InChI=1S/C10H11FN2/c1-8(13-7-12)6-9-2-4-10(11)5-3-9/h2-5,8,13H,6H2,1H3. The van der Waals surface area contributed by atoms with E-state index >= 15 is 0 Å². The summed E-state index contributed by atoms with van der Waals surface area (Å²) < 4.78 is 12.5. The van der Waals surface area contributed by atoms with Gasteiger partial charge in [0.2, 0.25) is 0 Å². The molecule has 0 radical (unpaired) electrons. The van der Waals surface area contributed by atoms with Crippen LogP contribution >= 0.6 is 0 Å². The smallest absolute Gasteiger partial charge is 0.176 e. The summed E-state index contributed by atoms with van der Waals surface area (Å²) in [5.41, 5.74) is 1.02. The number of hydrogen-bond acceptors (Lipinski definition) is 2.